The second-order valence-electron chi connectivity index (χ2n) is 3.23. The number of hydrogen-bond acceptors (Lipinski definition) is 2. The van der Waals surface area contributed by atoms with Crippen LogP contribution >= 0.6 is 15.9 Å². The molecule has 0 heterocycles. The molecule has 0 saturated heterocycles. The highest BCUT2D eigenvalue weighted by atomic mass is 79.9. The molecule has 0 aromatic heterocycles. The standard InChI is InChI=1S/C11H11BrF2O2/c1-16-10(15)5-3-7-2-4-8(11(13)14)9(12)6-7/h2,4,6,11H,3,5H2,1H3. The van der Waals surface area contributed by atoms with E-state index in [1.54, 1.807) is 12.1 Å². The average Bonchev–Trinajstić information content (AvgIpc) is 2.25. The van der Waals surface area contributed by atoms with Crippen molar-refractivity contribution in [3.8, 4) is 0 Å². The molecule has 0 unspecified atom stereocenters. The Balaban J connectivity index is 2.70. The van der Waals surface area contributed by atoms with Crippen LogP contribution in [0.2, 0.25) is 0 Å². The number of carbonyl (C=O) groups excluding carboxylic acids is 1. The Morgan fingerprint density at radius 1 is 1.50 bits per heavy atom. The lowest BCUT2D eigenvalue weighted by Gasteiger charge is -2.06. The van der Waals surface area contributed by atoms with Crippen LogP contribution in [-0.4, -0.2) is 13.1 Å². The van der Waals surface area contributed by atoms with Gasteiger partial charge in [0.05, 0.1) is 7.11 Å². The molecule has 0 aliphatic rings. The number of rotatable bonds is 4. The smallest absolute Gasteiger partial charge is 0.305 e. The Bertz CT molecular complexity index is 380. The minimum absolute atomic E-state index is 0.0400. The quantitative estimate of drug-likeness (QED) is 0.794. The van der Waals surface area contributed by atoms with Crippen LogP contribution in [0.25, 0.3) is 0 Å². The molecule has 0 radical (unpaired) electrons. The van der Waals surface area contributed by atoms with E-state index in [9.17, 15) is 13.6 Å². The maximum Gasteiger partial charge on any atom is 0.305 e. The fraction of sp³-hybridized carbons (Fsp3) is 0.364. The van der Waals surface area contributed by atoms with Crippen molar-refractivity contribution in [1.29, 1.82) is 0 Å². The number of halogens is 3. The van der Waals surface area contributed by atoms with Crippen molar-refractivity contribution in [1.82, 2.24) is 0 Å². The Morgan fingerprint density at radius 2 is 2.19 bits per heavy atom. The second-order valence-corrected chi connectivity index (χ2v) is 4.09. The zero-order chi connectivity index (χ0) is 12.1. The molecule has 1 aromatic carbocycles. The number of carbonyl (C=O) groups is 1. The fourth-order valence-electron chi connectivity index (χ4n) is 1.25. The van der Waals surface area contributed by atoms with Crippen LogP contribution in [0.4, 0.5) is 8.78 Å². The van der Waals surface area contributed by atoms with Crippen molar-refractivity contribution in [2.24, 2.45) is 0 Å². The van der Waals surface area contributed by atoms with Gasteiger partial charge in [0.25, 0.3) is 6.43 Å². The molecule has 0 saturated carbocycles. The molecule has 16 heavy (non-hydrogen) atoms. The fourth-order valence-corrected chi connectivity index (χ4v) is 1.85. The predicted molar refractivity (Wildman–Crippen MR) is 59.4 cm³/mol. The van der Waals surface area contributed by atoms with Crippen molar-refractivity contribution in [3.05, 3.63) is 33.8 Å². The van der Waals surface area contributed by atoms with Crippen LogP contribution in [0.5, 0.6) is 0 Å². The van der Waals surface area contributed by atoms with E-state index in [4.69, 9.17) is 0 Å². The van der Waals surface area contributed by atoms with Crippen LogP contribution in [0, 0.1) is 0 Å². The minimum atomic E-state index is -2.50. The zero-order valence-corrected chi connectivity index (χ0v) is 10.3. The van der Waals surface area contributed by atoms with Gasteiger partial charge in [0.2, 0.25) is 0 Å². The molecule has 2 nitrogen and oxygen atoms in total. The van der Waals surface area contributed by atoms with Gasteiger partial charge in [-0.15, -0.1) is 0 Å². The van der Waals surface area contributed by atoms with E-state index in [1.165, 1.54) is 13.2 Å². The van der Waals surface area contributed by atoms with Gasteiger partial charge < -0.3 is 4.74 Å². The van der Waals surface area contributed by atoms with Crippen molar-refractivity contribution in [2.45, 2.75) is 19.3 Å². The van der Waals surface area contributed by atoms with E-state index in [0.29, 0.717) is 10.9 Å². The molecular formula is C11H11BrF2O2. The molecule has 0 aliphatic heterocycles. The highest BCUT2D eigenvalue weighted by Crippen LogP contribution is 2.28. The molecule has 0 amide bonds. The van der Waals surface area contributed by atoms with E-state index in [2.05, 4.69) is 20.7 Å². The summed E-state index contributed by atoms with van der Waals surface area (Å²) in [6, 6.07) is 4.56. The van der Waals surface area contributed by atoms with Gasteiger partial charge in [-0.25, -0.2) is 8.78 Å². The van der Waals surface area contributed by atoms with E-state index >= 15 is 0 Å². The maximum absolute atomic E-state index is 12.4. The molecule has 0 aliphatic carbocycles. The monoisotopic (exact) mass is 292 g/mol. The van der Waals surface area contributed by atoms with Crippen molar-refractivity contribution in [2.75, 3.05) is 7.11 Å². The largest absolute Gasteiger partial charge is 0.469 e. The molecule has 0 atom stereocenters. The van der Waals surface area contributed by atoms with Crippen LogP contribution in [0.15, 0.2) is 22.7 Å². The van der Waals surface area contributed by atoms with Gasteiger partial charge in [-0.3, -0.25) is 4.79 Å². The lowest BCUT2D eigenvalue weighted by molar-refractivity contribution is -0.140. The summed E-state index contributed by atoms with van der Waals surface area (Å²) in [5.74, 6) is -0.311. The van der Waals surface area contributed by atoms with Crippen LogP contribution in [0.1, 0.15) is 24.0 Å². The average molecular weight is 293 g/mol. The lowest BCUT2D eigenvalue weighted by atomic mass is 10.1. The molecule has 1 aromatic rings. The first-order valence-electron chi connectivity index (χ1n) is 4.68. The third-order valence-electron chi connectivity index (χ3n) is 2.15. The molecule has 5 heteroatoms. The first-order valence-corrected chi connectivity index (χ1v) is 5.47. The third-order valence-corrected chi connectivity index (χ3v) is 2.83. The van der Waals surface area contributed by atoms with Crippen molar-refractivity contribution < 1.29 is 18.3 Å². The Labute approximate surface area is 101 Å². The molecule has 0 fully saturated rings. The second kappa shape index (κ2) is 5.94. The number of ether oxygens (including phenoxy) is 1. The number of benzene rings is 1. The molecular weight excluding hydrogens is 282 g/mol. The summed E-state index contributed by atoms with van der Waals surface area (Å²) < 4.78 is 29.7. The number of esters is 1. The van der Waals surface area contributed by atoms with Crippen LogP contribution in [0.3, 0.4) is 0 Å². The highest BCUT2D eigenvalue weighted by molar-refractivity contribution is 9.10. The summed E-state index contributed by atoms with van der Waals surface area (Å²) in [6.07, 6.45) is -1.77. The Kier molecular flexibility index (Phi) is 4.86. The molecule has 88 valence electrons. The number of hydrogen-bond donors (Lipinski definition) is 0. The van der Waals surface area contributed by atoms with Gasteiger partial charge in [0.15, 0.2) is 0 Å². The van der Waals surface area contributed by atoms with Crippen LogP contribution < -0.4 is 0 Å². The van der Waals surface area contributed by atoms with Gasteiger partial charge in [-0.05, 0) is 18.1 Å². The predicted octanol–water partition coefficient (Wildman–Crippen LogP) is 3.49. The summed E-state index contributed by atoms with van der Waals surface area (Å²) in [6.45, 7) is 0. The first-order chi connectivity index (χ1) is 7.54. The Hall–Kier alpha value is -0.970. The SMILES string of the molecule is COC(=O)CCc1ccc(C(F)F)c(Br)c1. The van der Waals surface area contributed by atoms with E-state index in [0.717, 1.165) is 5.56 Å². The molecule has 0 bridgehead atoms. The Morgan fingerprint density at radius 3 is 2.69 bits per heavy atom. The first kappa shape index (κ1) is 13.1. The highest BCUT2D eigenvalue weighted by Gasteiger charge is 2.11. The summed E-state index contributed by atoms with van der Waals surface area (Å²) >= 11 is 3.08. The van der Waals surface area contributed by atoms with E-state index in [1.807, 2.05) is 0 Å². The number of methoxy groups -OCH3 is 1. The molecule has 0 N–H and O–H groups in total. The third kappa shape index (κ3) is 3.56. The summed E-state index contributed by atoms with van der Waals surface area (Å²) in [5, 5.41) is 0. The number of aryl methyl sites for hydroxylation is 1. The summed E-state index contributed by atoms with van der Waals surface area (Å²) in [7, 11) is 1.32. The van der Waals surface area contributed by atoms with Gasteiger partial charge >= 0.3 is 5.97 Å². The summed E-state index contributed by atoms with van der Waals surface area (Å²) in [4.78, 5) is 10.9. The van der Waals surface area contributed by atoms with E-state index < -0.39 is 6.43 Å². The minimum Gasteiger partial charge on any atom is -0.469 e. The van der Waals surface area contributed by atoms with Gasteiger partial charge in [0.1, 0.15) is 0 Å². The normalized spacial score (nSPS) is 10.6. The number of alkyl halides is 2. The summed E-state index contributed by atoms with van der Waals surface area (Å²) in [5.41, 5.74) is 0.781. The van der Waals surface area contributed by atoms with Gasteiger partial charge in [0, 0.05) is 16.5 Å². The molecule has 0 spiro atoms. The van der Waals surface area contributed by atoms with Gasteiger partial charge in [-0.2, -0.15) is 0 Å². The van der Waals surface area contributed by atoms with Gasteiger partial charge in [-0.1, -0.05) is 28.1 Å². The maximum atomic E-state index is 12.4. The van der Waals surface area contributed by atoms with E-state index in [-0.39, 0.29) is 18.0 Å². The topological polar surface area (TPSA) is 26.3 Å². The van der Waals surface area contributed by atoms with Crippen molar-refractivity contribution >= 4 is 21.9 Å². The molecule has 1 rings (SSSR count). The zero-order valence-electron chi connectivity index (χ0n) is 8.67. The van der Waals surface area contributed by atoms with Crippen LogP contribution in [-0.2, 0) is 16.0 Å². The van der Waals surface area contributed by atoms with Crippen molar-refractivity contribution in [3.63, 3.8) is 0 Å². The lowest BCUT2D eigenvalue weighted by Crippen LogP contribution is -2.02.